The summed E-state index contributed by atoms with van der Waals surface area (Å²) in [6, 6.07) is 12.4. The fourth-order valence-electron chi connectivity index (χ4n) is 1.85. The Balaban J connectivity index is 2.22. The van der Waals surface area contributed by atoms with Crippen molar-refractivity contribution in [3.8, 4) is 0 Å². The Bertz CT molecular complexity index is 552. The SMILES string of the molecule is Cc1ccc(C(Cl)Cc2ccccc2F)c(Cl)c1. The van der Waals surface area contributed by atoms with Crippen LogP contribution in [0.4, 0.5) is 4.39 Å². The molecule has 0 saturated carbocycles. The molecule has 2 aromatic rings. The van der Waals surface area contributed by atoms with Crippen LogP contribution >= 0.6 is 23.2 Å². The number of alkyl halides is 1. The van der Waals surface area contributed by atoms with Gasteiger partial charge >= 0.3 is 0 Å². The molecule has 0 spiro atoms. The lowest BCUT2D eigenvalue weighted by Crippen LogP contribution is -1.99. The standard InChI is InChI=1S/C15H13Cl2F/c1-10-6-7-12(13(16)8-10)14(17)9-11-4-2-3-5-15(11)18/h2-8,14H,9H2,1H3. The summed E-state index contributed by atoms with van der Waals surface area (Å²) in [6.45, 7) is 1.97. The van der Waals surface area contributed by atoms with Crippen LogP contribution in [0.1, 0.15) is 22.1 Å². The summed E-state index contributed by atoms with van der Waals surface area (Å²) in [5.41, 5.74) is 2.53. The topological polar surface area (TPSA) is 0 Å². The van der Waals surface area contributed by atoms with Crippen molar-refractivity contribution < 1.29 is 4.39 Å². The van der Waals surface area contributed by atoms with Crippen molar-refractivity contribution in [1.82, 2.24) is 0 Å². The van der Waals surface area contributed by atoms with Gasteiger partial charge < -0.3 is 0 Å². The largest absolute Gasteiger partial charge is 0.207 e. The van der Waals surface area contributed by atoms with Crippen molar-refractivity contribution in [1.29, 1.82) is 0 Å². The molecule has 3 heteroatoms. The number of halogens is 3. The first-order valence-corrected chi connectivity index (χ1v) is 6.53. The van der Waals surface area contributed by atoms with Crippen LogP contribution in [-0.2, 0) is 6.42 Å². The number of aryl methyl sites for hydroxylation is 1. The summed E-state index contributed by atoms with van der Waals surface area (Å²) in [5.74, 6) is -0.230. The lowest BCUT2D eigenvalue weighted by atomic mass is 10.0. The average molecular weight is 283 g/mol. The van der Waals surface area contributed by atoms with Crippen molar-refractivity contribution in [3.05, 3.63) is 70.0 Å². The molecular weight excluding hydrogens is 270 g/mol. The van der Waals surface area contributed by atoms with Crippen molar-refractivity contribution in [2.24, 2.45) is 0 Å². The van der Waals surface area contributed by atoms with E-state index in [-0.39, 0.29) is 11.2 Å². The quantitative estimate of drug-likeness (QED) is 0.669. The Morgan fingerprint density at radius 1 is 1.17 bits per heavy atom. The van der Waals surface area contributed by atoms with Crippen molar-refractivity contribution >= 4 is 23.2 Å². The average Bonchev–Trinajstić information content (AvgIpc) is 2.32. The van der Waals surface area contributed by atoms with E-state index in [9.17, 15) is 4.39 Å². The predicted molar refractivity (Wildman–Crippen MR) is 74.9 cm³/mol. The molecule has 1 unspecified atom stereocenters. The molecule has 0 saturated heterocycles. The zero-order valence-electron chi connectivity index (χ0n) is 9.96. The lowest BCUT2D eigenvalue weighted by molar-refractivity contribution is 0.607. The molecule has 18 heavy (non-hydrogen) atoms. The number of hydrogen-bond donors (Lipinski definition) is 0. The highest BCUT2D eigenvalue weighted by molar-refractivity contribution is 6.32. The van der Waals surface area contributed by atoms with Gasteiger partial charge in [0.05, 0.1) is 5.38 Å². The van der Waals surface area contributed by atoms with Gasteiger partial charge in [-0.25, -0.2) is 4.39 Å². The zero-order valence-corrected chi connectivity index (χ0v) is 11.5. The monoisotopic (exact) mass is 282 g/mol. The first kappa shape index (κ1) is 13.4. The summed E-state index contributed by atoms with van der Waals surface area (Å²) in [6.07, 6.45) is 0.428. The van der Waals surface area contributed by atoms with E-state index in [4.69, 9.17) is 23.2 Å². The maximum Gasteiger partial charge on any atom is 0.126 e. The van der Waals surface area contributed by atoms with Crippen molar-refractivity contribution in [2.45, 2.75) is 18.7 Å². The molecule has 0 aliphatic carbocycles. The predicted octanol–water partition coefficient (Wildman–Crippen LogP) is 5.31. The van der Waals surface area contributed by atoms with Gasteiger partial charge in [-0.15, -0.1) is 11.6 Å². The van der Waals surface area contributed by atoms with Crippen LogP contribution in [0, 0.1) is 12.7 Å². The van der Waals surface area contributed by atoms with E-state index in [2.05, 4.69) is 0 Å². The summed E-state index contributed by atoms with van der Waals surface area (Å²) in [5, 5.41) is 0.307. The minimum atomic E-state index is -0.324. The summed E-state index contributed by atoms with van der Waals surface area (Å²) < 4.78 is 13.5. The molecule has 0 fully saturated rings. The third-order valence-electron chi connectivity index (χ3n) is 2.85. The van der Waals surface area contributed by atoms with Crippen molar-refractivity contribution in [2.75, 3.05) is 0 Å². The molecule has 0 aliphatic rings. The van der Waals surface area contributed by atoms with E-state index in [1.165, 1.54) is 6.07 Å². The van der Waals surface area contributed by atoms with Gasteiger partial charge in [0.25, 0.3) is 0 Å². The highest BCUT2D eigenvalue weighted by Gasteiger charge is 2.14. The Labute approximate surface area is 116 Å². The second-order valence-corrected chi connectivity index (χ2v) is 5.22. The number of benzene rings is 2. The Hall–Kier alpha value is -1.05. The van der Waals surface area contributed by atoms with Gasteiger partial charge in [0, 0.05) is 5.02 Å². The van der Waals surface area contributed by atoms with Gasteiger partial charge in [-0.1, -0.05) is 41.9 Å². The Morgan fingerprint density at radius 2 is 1.89 bits per heavy atom. The van der Waals surface area contributed by atoms with Gasteiger partial charge in [0.1, 0.15) is 5.82 Å². The van der Waals surface area contributed by atoms with Crippen LogP contribution in [0.15, 0.2) is 42.5 Å². The number of rotatable bonds is 3. The third-order valence-corrected chi connectivity index (χ3v) is 3.57. The normalized spacial score (nSPS) is 12.4. The molecule has 1 atom stereocenters. The fraction of sp³-hybridized carbons (Fsp3) is 0.200. The molecular formula is C15H13Cl2F. The second kappa shape index (κ2) is 5.73. The van der Waals surface area contributed by atoms with Gasteiger partial charge in [-0.2, -0.15) is 0 Å². The molecule has 0 aromatic heterocycles. The molecule has 0 heterocycles. The van der Waals surface area contributed by atoms with Crippen LogP contribution in [0.25, 0.3) is 0 Å². The molecule has 0 nitrogen and oxygen atoms in total. The molecule has 0 aliphatic heterocycles. The molecule has 0 radical (unpaired) electrons. The molecule has 2 aromatic carbocycles. The summed E-state index contributed by atoms with van der Waals surface area (Å²) >= 11 is 12.5. The molecule has 94 valence electrons. The van der Waals surface area contributed by atoms with E-state index in [0.29, 0.717) is 17.0 Å². The smallest absolute Gasteiger partial charge is 0.126 e. The molecule has 0 N–H and O–H groups in total. The summed E-state index contributed by atoms with van der Waals surface area (Å²) in [4.78, 5) is 0. The third kappa shape index (κ3) is 3.04. The highest BCUT2D eigenvalue weighted by Crippen LogP contribution is 2.31. The van der Waals surface area contributed by atoms with E-state index in [1.807, 2.05) is 25.1 Å². The van der Waals surface area contributed by atoms with Crippen LogP contribution in [0.2, 0.25) is 5.02 Å². The van der Waals surface area contributed by atoms with E-state index in [1.54, 1.807) is 18.2 Å². The Kier molecular flexibility index (Phi) is 4.26. The van der Waals surface area contributed by atoms with Gasteiger partial charge in [-0.3, -0.25) is 0 Å². The van der Waals surface area contributed by atoms with Crippen LogP contribution in [0.5, 0.6) is 0 Å². The Morgan fingerprint density at radius 3 is 2.56 bits per heavy atom. The fourth-order valence-corrected chi connectivity index (χ4v) is 2.63. The first-order valence-electron chi connectivity index (χ1n) is 5.71. The molecule has 0 bridgehead atoms. The number of hydrogen-bond acceptors (Lipinski definition) is 0. The zero-order chi connectivity index (χ0) is 13.1. The van der Waals surface area contributed by atoms with Gasteiger partial charge in [0.2, 0.25) is 0 Å². The minimum Gasteiger partial charge on any atom is -0.207 e. The van der Waals surface area contributed by atoms with Crippen LogP contribution in [-0.4, -0.2) is 0 Å². The maximum atomic E-state index is 13.5. The molecule has 0 amide bonds. The van der Waals surface area contributed by atoms with Crippen molar-refractivity contribution in [3.63, 3.8) is 0 Å². The highest BCUT2D eigenvalue weighted by atomic mass is 35.5. The van der Waals surface area contributed by atoms with E-state index >= 15 is 0 Å². The van der Waals surface area contributed by atoms with Gasteiger partial charge in [-0.05, 0) is 42.2 Å². The summed E-state index contributed by atoms with van der Waals surface area (Å²) in [7, 11) is 0. The van der Waals surface area contributed by atoms with E-state index < -0.39 is 0 Å². The van der Waals surface area contributed by atoms with Crippen LogP contribution in [0.3, 0.4) is 0 Å². The lowest BCUT2D eigenvalue weighted by Gasteiger charge is -2.13. The van der Waals surface area contributed by atoms with Gasteiger partial charge in [0.15, 0.2) is 0 Å². The van der Waals surface area contributed by atoms with Crippen LogP contribution < -0.4 is 0 Å². The molecule has 2 rings (SSSR count). The van der Waals surface area contributed by atoms with E-state index in [0.717, 1.165) is 11.1 Å². The first-order chi connectivity index (χ1) is 8.58. The second-order valence-electron chi connectivity index (χ2n) is 4.29. The maximum absolute atomic E-state index is 13.5. The minimum absolute atomic E-state index is 0.230.